The van der Waals surface area contributed by atoms with Crippen molar-refractivity contribution in [1.82, 2.24) is 4.90 Å². The number of carbonyl (C=O) groups is 1. The topological polar surface area (TPSA) is 70.0 Å². The van der Waals surface area contributed by atoms with Crippen LogP contribution < -0.4 is 0 Å². The fourth-order valence-corrected chi connectivity index (χ4v) is 2.81. The van der Waals surface area contributed by atoms with Gasteiger partial charge in [-0.05, 0) is 11.1 Å². The van der Waals surface area contributed by atoms with Gasteiger partial charge in [-0.2, -0.15) is 0 Å². The van der Waals surface area contributed by atoms with Crippen molar-refractivity contribution >= 4 is 6.09 Å². The maximum absolute atomic E-state index is 12.2. The molecule has 5 heteroatoms. The van der Waals surface area contributed by atoms with Crippen LogP contribution in [0.4, 0.5) is 4.79 Å². The first-order valence-electron chi connectivity index (χ1n) is 6.94. The van der Waals surface area contributed by atoms with E-state index in [0.29, 0.717) is 12.1 Å². The zero-order chi connectivity index (χ0) is 15.5. The van der Waals surface area contributed by atoms with E-state index in [1.54, 1.807) is 0 Å². The quantitative estimate of drug-likeness (QED) is 0.808. The summed E-state index contributed by atoms with van der Waals surface area (Å²) in [5.74, 6) is 0.0337. The lowest BCUT2D eigenvalue weighted by Crippen LogP contribution is -2.71. The molecule has 1 amide bonds. The van der Waals surface area contributed by atoms with Gasteiger partial charge >= 0.3 is 6.09 Å². The molecule has 1 aromatic carbocycles. The van der Waals surface area contributed by atoms with Crippen molar-refractivity contribution in [3.8, 4) is 0 Å². The molecule has 0 aliphatic carbocycles. The predicted molar refractivity (Wildman–Crippen MR) is 78.5 cm³/mol. The van der Waals surface area contributed by atoms with E-state index in [9.17, 15) is 15.0 Å². The second kappa shape index (κ2) is 6.28. The molecule has 1 aliphatic rings. The Balaban J connectivity index is 2.03. The molecular weight excluding hydrogens is 270 g/mol. The Morgan fingerprint density at radius 3 is 2.62 bits per heavy atom. The minimum Gasteiger partial charge on any atom is -0.445 e. The van der Waals surface area contributed by atoms with Gasteiger partial charge in [-0.1, -0.05) is 43.8 Å². The van der Waals surface area contributed by atoms with Crippen LogP contribution in [0.3, 0.4) is 0 Å². The fourth-order valence-electron chi connectivity index (χ4n) is 2.81. The molecule has 2 N–H and O–H groups in total. The van der Waals surface area contributed by atoms with Crippen LogP contribution in [-0.2, 0) is 11.3 Å². The number of rotatable bonds is 5. The number of hydrogen-bond donors (Lipinski definition) is 2. The normalized spacial score (nSPS) is 24.3. The molecule has 21 heavy (non-hydrogen) atoms. The monoisotopic (exact) mass is 291 g/mol. The Bertz CT molecular complexity index is 516. The number of nitrogens with zero attached hydrogens (tertiary/aromatic N) is 1. The lowest BCUT2D eigenvalue weighted by atomic mass is 9.71. The van der Waals surface area contributed by atoms with Gasteiger partial charge in [0.25, 0.3) is 0 Å². The smallest absolute Gasteiger partial charge is 0.410 e. The van der Waals surface area contributed by atoms with Crippen LogP contribution in [0, 0.1) is 5.92 Å². The highest BCUT2D eigenvalue weighted by Crippen LogP contribution is 2.41. The molecule has 0 unspecified atom stereocenters. The van der Waals surface area contributed by atoms with E-state index in [1.807, 2.05) is 37.3 Å². The van der Waals surface area contributed by atoms with E-state index in [2.05, 4.69) is 6.58 Å². The first-order chi connectivity index (χ1) is 10.1. The summed E-state index contributed by atoms with van der Waals surface area (Å²) in [6.45, 7) is 5.81. The number of carbonyl (C=O) groups excluding carboxylic acids is 1. The summed E-state index contributed by atoms with van der Waals surface area (Å²) in [5, 5.41) is 19.0. The van der Waals surface area contributed by atoms with Gasteiger partial charge in [-0.15, -0.1) is 0 Å². The lowest BCUT2D eigenvalue weighted by Gasteiger charge is -2.56. The molecule has 114 valence electrons. The van der Waals surface area contributed by atoms with Crippen LogP contribution in [0.2, 0.25) is 0 Å². The number of hydrogen-bond acceptors (Lipinski definition) is 4. The number of benzene rings is 1. The number of aliphatic hydroxyl groups excluding tert-OH is 2. The molecule has 1 aliphatic heterocycles. The standard InChI is InChI=1S/C16H21NO4/c1-12-8-17(16(12,11-19)13(2)9-18)15(20)21-10-14-6-4-3-5-7-14/h3-7,12,18-19H,2,8-11H2,1H3/t12-,16-/m0/s1. The molecule has 2 atom stereocenters. The summed E-state index contributed by atoms with van der Waals surface area (Å²) < 4.78 is 5.29. The summed E-state index contributed by atoms with van der Waals surface area (Å²) in [6, 6.07) is 9.39. The Morgan fingerprint density at radius 1 is 1.43 bits per heavy atom. The molecule has 2 rings (SSSR count). The fraction of sp³-hybridized carbons (Fsp3) is 0.438. The lowest BCUT2D eigenvalue weighted by molar-refractivity contribution is -0.0726. The highest BCUT2D eigenvalue weighted by atomic mass is 16.6. The zero-order valence-electron chi connectivity index (χ0n) is 12.2. The Kier molecular flexibility index (Phi) is 4.65. The van der Waals surface area contributed by atoms with Crippen LogP contribution in [0.15, 0.2) is 42.5 Å². The van der Waals surface area contributed by atoms with Crippen molar-refractivity contribution in [3.63, 3.8) is 0 Å². The molecule has 0 aromatic heterocycles. The highest BCUT2D eigenvalue weighted by Gasteiger charge is 2.55. The molecule has 0 saturated carbocycles. The predicted octanol–water partition coefficient (Wildman–Crippen LogP) is 1.55. The van der Waals surface area contributed by atoms with Gasteiger partial charge in [0, 0.05) is 12.5 Å². The number of aliphatic hydroxyl groups is 2. The van der Waals surface area contributed by atoms with Crippen molar-refractivity contribution in [2.24, 2.45) is 5.92 Å². The maximum atomic E-state index is 12.2. The summed E-state index contributed by atoms with van der Waals surface area (Å²) in [6.07, 6.45) is -0.499. The van der Waals surface area contributed by atoms with Gasteiger partial charge in [0.15, 0.2) is 0 Å². The number of likely N-dealkylation sites (tertiary alicyclic amines) is 1. The van der Waals surface area contributed by atoms with Gasteiger partial charge in [0.05, 0.1) is 18.8 Å². The molecule has 1 fully saturated rings. The average Bonchev–Trinajstić information content (AvgIpc) is 2.51. The SMILES string of the molecule is C=C(CO)[C@]1(CO)[C@@H](C)CN1C(=O)OCc1ccccc1. The maximum Gasteiger partial charge on any atom is 0.410 e. The van der Waals surface area contributed by atoms with Crippen LogP contribution in [0.5, 0.6) is 0 Å². The van der Waals surface area contributed by atoms with Crippen molar-refractivity contribution < 1.29 is 19.7 Å². The van der Waals surface area contributed by atoms with Crippen molar-refractivity contribution in [1.29, 1.82) is 0 Å². The first-order valence-corrected chi connectivity index (χ1v) is 6.94. The van der Waals surface area contributed by atoms with Crippen LogP contribution >= 0.6 is 0 Å². The van der Waals surface area contributed by atoms with E-state index in [4.69, 9.17) is 4.74 Å². The van der Waals surface area contributed by atoms with Crippen molar-refractivity contribution in [2.45, 2.75) is 19.1 Å². The molecule has 1 heterocycles. The van der Waals surface area contributed by atoms with E-state index < -0.39 is 11.6 Å². The van der Waals surface area contributed by atoms with E-state index in [1.165, 1.54) is 4.90 Å². The average molecular weight is 291 g/mol. The third-order valence-electron chi connectivity index (χ3n) is 4.22. The molecule has 0 spiro atoms. The van der Waals surface area contributed by atoms with Gasteiger partial charge in [0.2, 0.25) is 0 Å². The van der Waals surface area contributed by atoms with Crippen LogP contribution in [-0.4, -0.2) is 46.5 Å². The van der Waals surface area contributed by atoms with Crippen LogP contribution in [0.1, 0.15) is 12.5 Å². The van der Waals surface area contributed by atoms with Gasteiger partial charge < -0.3 is 14.9 Å². The summed E-state index contributed by atoms with van der Waals surface area (Å²) in [5.41, 5.74) is 0.415. The van der Waals surface area contributed by atoms with Gasteiger partial charge in [-0.3, -0.25) is 4.90 Å². The third-order valence-corrected chi connectivity index (χ3v) is 4.22. The Morgan fingerprint density at radius 2 is 2.10 bits per heavy atom. The first kappa shape index (κ1) is 15.5. The molecule has 5 nitrogen and oxygen atoms in total. The van der Waals surface area contributed by atoms with Crippen LogP contribution in [0.25, 0.3) is 0 Å². The largest absolute Gasteiger partial charge is 0.445 e. The van der Waals surface area contributed by atoms with Gasteiger partial charge in [0.1, 0.15) is 6.61 Å². The van der Waals surface area contributed by atoms with Crippen molar-refractivity contribution in [3.05, 3.63) is 48.0 Å². The third kappa shape index (κ3) is 2.66. The summed E-state index contributed by atoms with van der Waals surface area (Å²) >= 11 is 0. The van der Waals surface area contributed by atoms with E-state index in [0.717, 1.165) is 5.56 Å². The molecule has 0 radical (unpaired) electrons. The Labute approximate surface area is 124 Å². The number of amides is 1. The molecular formula is C16H21NO4. The molecule has 0 bridgehead atoms. The minimum atomic E-state index is -0.914. The molecule has 1 saturated heterocycles. The number of ether oxygens (including phenoxy) is 1. The second-order valence-electron chi connectivity index (χ2n) is 5.40. The summed E-state index contributed by atoms with van der Waals surface area (Å²) in [4.78, 5) is 13.7. The minimum absolute atomic E-state index is 0.0337. The summed E-state index contributed by atoms with van der Waals surface area (Å²) in [7, 11) is 0. The molecule has 1 aromatic rings. The second-order valence-corrected chi connectivity index (χ2v) is 5.40. The van der Waals surface area contributed by atoms with Crippen molar-refractivity contribution in [2.75, 3.05) is 19.8 Å². The zero-order valence-corrected chi connectivity index (χ0v) is 12.2. The van der Waals surface area contributed by atoms with E-state index in [-0.39, 0.29) is 25.7 Å². The van der Waals surface area contributed by atoms with E-state index >= 15 is 0 Å². The highest BCUT2D eigenvalue weighted by molar-refractivity contribution is 5.71. The Hall–Kier alpha value is -1.85. The van der Waals surface area contributed by atoms with Gasteiger partial charge in [-0.25, -0.2) is 4.79 Å².